The van der Waals surface area contributed by atoms with Crippen molar-refractivity contribution < 1.29 is 4.74 Å². The summed E-state index contributed by atoms with van der Waals surface area (Å²) in [7, 11) is 1.77. The predicted molar refractivity (Wildman–Crippen MR) is 80.5 cm³/mol. The van der Waals surface area contributed by atoms with E-state index in [-0.39, 0.29) is 0 Å². The highest BCUT2D eigenvalue weighted by molar-refractivity contribution is 5.60. The van der Waals surface area contributed by atoms with E-state index in [0.717, 1.165) is 19.1 Å². The number of ether oxygens (including phenoxy) is 1. The highest BCUT2D eigenvalue weighted by atomic mass is 16.5. The molecule has 1 aromatic carbocycles. The first kappa shape index (κ1) is 14.4. The maximum atomic E-state index is 5.92. The number of anilines is 1. The summed E-state index contributed by atoms with van der Waals surface area (Å²) >= 11 is 0. The summed E-state index contributed by atoms with van der Waals surface area (Å²) in [6.45, 7) is 6.80. The molecule has 0 spiro atoms. The monoisotopic (exact) mass is 262 g/mol. The second-order valence-electron chi connectivity index (χ2n) is 5.55. The molecule has 1 aliphatic rings. The van der Waals surface area contributed by atoms with Crippen LogP contribution in [0.5, 0.6) is 0 Å². The molecule has 1 fully saturated rings. The van der Waals surface area contributed by atoms with Crippen molar-refractivity contribution in [3.8, 4) is 0 Å². The number of nitrogens with two attached hydrogens (primary N) is 1. The summed E-state index contributed by atoms with van der Waals surface area (Å²) in [5, 5.41) is 0. The van der Waals surface area contributed by atoms with Crippen LogP contribution in [0.1, 0.15) is 30.9 Å². The molecular formula is C16H26N2O. The standard InChI is InChI=1S/C16H26N2O/c1-12-5-4-6-15(11-17)16(12)18(9-10-19-3)13(2)14-7-8-14/h4-6,13-14H,7-11,17H2,1-3H3. The fourth-order valence-electron chi connectivity index (χ4n) is 2.84. The van der Waals surface area contributed by atoms with Gasteiger partial charge in [0.15, 0.2) is 0 Å². The molecule has 1 unspecified atom stereocenters. The summed E-state index contributed by atoms with van der Waals surface area (Å²) in [6, 6.07) is 6.98. The predicted octanol–water partition coefficient (Wildman–Crippen LogP) is 2.71. The van der Waals surface area contributed by atoms with Crippen LogP contribution in [0.4, 0.5) is 5.69 Å². The average molecular weight is 262 g/mol. The lowest BCUT2D eigenvalue weighted by Gasteiger charge is -2.34. The molecule has 106 valence electrons. The summed E-state index contributed by atoms with van der Waals surface area (Å²) in [4.78, 5) is 2.50. The maximum absolute atomic E-state index is 5.92. The molecule has 3 heteroatoms. The van der Waals surface area contributed by atoms with Gasteiger partial charge < -0.3 is 15.4 Å². The van der Waals surface area contributed by atoms with E-state index >= 15 is 0 Å². The number of methoxy groups -OCH3 is 1. The van der Waals surface area contributed by atoms with Gasteiger partial charge in [-0.25, -0.2) is 0 Å². The minimum Gasteiger partial charge on any atom is -0.383 e. The van der Waals surface area contributed by atoms with E-state index in [2.05, 4.69) is 36.9 Å². The fourth-order valence-corrected chi connectivity index (χ4v) is 2.84. The number of para-hydroxylation sites is 1. The Kier molecular flexibility index (Phi) is 4.83. The molecule has 0 saturated heterocycles. The van der Waals surface area contributed by atoms with Crippen LogP contribution in [0.3, 0.4) is 0 Å². The Bertz CT molecular complexity index is 415. The topological polar surface area (TPSA) is 38.5 Å². The summed E-state index contributed by atoms with van der Waals surface area (Å²) < 4.78 is 5.28. The van der Waals surface area contributed by atoms with Crippen LogP contribution in [0.15, 0.2) is 18.2 Å². The zero-order chi connectivity index (χ0) is 13.8. The lowest BCUT2D eigenvalue weighted by molar-refractivity contribution is 0.202. The van der Waals surface area contributed by atoms with Gasteiger partial charge in [-0.1, -0.05) is 18.2 Å². The normalized spacial score (nSPS) is 16.4. The number of aryl methyl sites for hydroxylation is 1. The first-order valence-corrected chi connectivity index (χ1v) is 7.23. The molecule has 2 rings (SSSR count). The molecular weight excluding hydrogens is 236 g/mol. The number of hydrogen-bond acceptors (Lipinski definition) is 3. The Balaban J connectivity index is 2.30. The lowest BCUT2D eigenvalue weighted by atomic mass is 10.0. The van der Waals surface area contributed by atoms with Gasteiger partial charge in [-0.15, -0.1) is 0 Å². The van der Waals surface area contributed by atoms with E-state index in [0.29, 0.717) is 12.6 Å². The Morgan fingerprint density at radius 2 is 2.16 bits per heavy atom. The van der Waals surface area contributed by atoms with Crippen LogP contribution in [0, 0.1) is 12.8 Å². The first-order valence-electron chi connectivity index (χ1n) is 7.23. The fraction of sp³-hybridized carbons (Fsp3) is 0.625. The van der Waals surface area contributed by atoms with Gasteiger partial charge in [-0.3, -0.25) is 0 Å². The second kappa shape index (κ2) is 6.40. The third-order valence-corrected chi connectivity index (χ3v) is 4.16. The quantitative estimate of drug-likeness (QED) is 0.821. The van der Waals surface area contributed by atoms with Gasteiger partial charge in [0, 0.05) is 31.9 Å². The molecule has 1 atom stereocenters. The molecule has 1 aliphatic carbocycles. The minimum atomic E-state index is 0.571. The molecule has 0 aromatic heterocycles. The molecule has 0 aliphatic heterocycles. The zero-order valence-electron chi connectivity index (χ0n) is 12.4. The SMILES string of the molecule is COCCN(c1c(C)cccc1CN)C(C)C1CC1. The van der Waals surface area contributed by atoms with Gasteiger partial charge in [-0.05, 0) is 43.7 Å². The Hall–Kier alpha value is -1.06. The maximum Gasteiger partial charge on any atom is 0.0637 e. The van der Waals surface area contributed by atoms with Crippen molar-refractivity contribution in [1.82, 2.24) is 0 Å². The average Bonchev–Trinajstić information content (AvgIpc) is 3.24. The summed E-state index contributed by atoms with van der Waals surface area (Å²) in [5.41, 5.74) is 9.79. The van der Waals surface area contributed by atoms with E-state index in [4.69, 9.17) is 10.5 Å². The van der Waals surface area contributed by atoms with Gasteiger partial charge in [0.2, 0.25) is 0 Å². The second-order valence-corrected chi connectivity index (χ2v) is 5.55. The third kappa shape index (κ3) is 3.28. The molecule has 19 heavy (non-hydrogen) atoms. The minimum absolute atomic E-state index is 0.571. The van der Waals surface area contributed by atoms with E-state index in [9.17, 15) is 0 Å². The van der Waals surface area contributed by atoms with Crippen LogP contribution in [0.25, 0.3) is 0 Å². The first-order chi connectivity index (χ1) is 9.19. The molecule has 1 aromatic rings. The Morgan fingerprint density at radius 3 is 2.74 bits per heavy atom. The van der Waals surface area contributed by atoms with Gasteiger partial charge in [-0.2, -0.15) is 0 Å². The van der Waals surface area contributed by atoms with E-state index in [1.807, 2.05) is 0 Å². The van der Waals surface area contributed by atoms with Crippen molar-refractivity contribution in [1.29, 1.82) is 0 Å². The van der Waals surface area contributed by atoms with Crippen molar-refractivity contribution in [3.63, 3.8) is 0 Å². The smallest absolute Gasteiger partial charge is 0.0637 e. The summed E-state index contributed by atoms with van der Waals surface area (Å²) in [5.74, 6) is 0.835. The molecule has 0 bridgehead atoms. The van der Waals surface area contributed by atoms with Crippen molar-refractivity contribution >= 4 is 5.69 Å². The van der Waals surface area contributed by atoms with Gasteiger partial charge in [0.05, 0.1) is 6.61 Å². The molecule has 3 nitrogen and oxygen atoms in total. The van der Waals surface area contributed by atoms with Crippen molar-refractivity contribution in [2.24, 2.45) is 11.7 Å². The highest BCUT2D eigenvalue weighted by Gasteiger charge is 2.33. The molecule has 2 N–H and O–H groups in total. The van der Waals surface area contributed by atoms with Crippen LogP contribution < -0.4 is 10.6 Å². The molecule has 0 heterocycles. The van der Waals surface area contributed by atoms with Crippen molar-refractivity contribution in [3.05, 3.63) is 29.3 Å². The molecule has 0 radical (unpaired) electrons. The zero-order valence-corrected chi connectivity index (χ0v) is 12.4. The van der Waals surface area contributed by atoms with Crippen LogP contribution >= 0.6 is 0 Å². The number of hydrogen-bond donors (Lipinski definition) is 1. The number of nitrogens with zero attached hydrogens (tertiary/aromatic N) is 1. The number of benzene rings is 1. The van der Waals surface area contributed by atoms with Crippen molar-refractivity contribution in [2.45, 2.75) is 39.3 Å². The van der Waals surface area contributed by atoms with Gasteiger partial charge >= 0.3 is 0 Å². The molecule has 1 saturated carbocycles. The van der Waals surface area contributed by atoms with Crippen LogP contribution in [0.2, 0.25) is 0 Å². The van der Waals surface area contributed by atoms with Crippen molar-refractivity contribution in [2.75, 3.05) is 25.2 Å². The van der Waals surface area contributed by atoms with Crippen LogP contribution in [-0.4, -0.2) is 26.3 Å². The largest absolute Gasteiger partial charge is 0.383 e. The van der Waals surface area contributed by atoms with E-state index in [1.165, 1.54) is 29.7 Å². The van der Waals surface area contributed by atoms with E-state index in [1.54, 1.807) is 7.11 Å². The highest BCUT2D eigenvalue weighted by Crippen LogP contribution is 2.38. The van der Waals surface area contributed by atoms with Gasteiger partial charge in [0.25, 0.3) is 0 Å². The Labute approximate surface area is 116 Å². The lowest BCUT2D eigenvalue weighted by Crippen LogP contribution is -2.38. The third-order valence-electron chi connectivity index (χ3n) is 4.16. The van der Waals surface area contributed by atoms with Crippen LogP contribution in [-0.2, 0) is 11.3 Å². The Morgan fingerprint density at radius 1 is 1.42 bits per heavy atom. The molecule has 0 amide bonds. The summed E-state index contributed by atoms with van der Waals surface area (Å²) in [6.07, 6.45) is 2.71. The van der Waals surface area contributed by atoms with E-state index < -0.39 is 0 Å². The van der Waals surface area contributed by atoms with Gasteiger partial charge in [0.1, 0.15) is 0 Å². The number of rotatable bonds is 7.